The van der Waals surface area contributed by atoms with Gasteiger partial charge < -0.3 is 17.1 Å². The molecule has 1 rings (SSSR count). The van der Waals surface area contributed by atoms with E-state index >= 15 is 0 Å². The molecule has 2 unspecified atom stereocenters. The van der Waals surface area contributed by atoms with Gasteiger partial charge in [0.15, 0.2) is 0 Å². The summed E-state index contributed by atoms with van der Waals surface area (Å²) in [7, 11) is -10.1. The normalized spacial score (nSPS) is 74.3. The first-order valence-corrected chi connectivity index (χ1v) is 9.08. The molecule has 0 saturated carbocycles. The number of rotatable bonds is 0. The summed E-state index contributed by atoms with van der Waals surface area (Å²) < 4.78 is 51.7. The van der Waals surface area contributed by atoms with Crippen molar-refractivity contribution >= 4 is 27.6 Å². The zero-order valence-corrected chi connectivity index (χ0v) is 10.6. The first-order valence-electron chi connectivity index (χ1n) is 5.63. The van der Waals surface area contributed by atoms with Crippen molar-refractivity contribution in [2.24, 2.45) is 0 Å². The molecular weight excluding hydrogens is 208 g/mol. The van der Waals surface area contributed by atoms with Crippen LogP contribution in [-0.4, -0.2) is 37.6 Å². The third-order valence-electron chi connectivity index (χ3n) is 1.15. The monoisotopic (exact) mass is 232 g/mol. The molecule has 1 aliphatic rings. The fourth-order valence-electron chi connectivity index (χ4n) is 0.893. The zero-order valence-electron chi connectivity index (χ0n) is 11.6. The second-order valence-corrected chi connectivity index (χ2v) is 7.37. The molecule has 2 atom stereocenters. The Morgan fingerprint density at radius 3 is 1.92 bits per heavy atom. The Morgan fingerprint density at radius 2 is 1.50 bits per heavy atom. The van der Waals surface area contributed by atoms with Crippen LogP contribution < -0.4 is 0 Å². The van der Waals surface area contributed by atoms with Crippen LogP contribution in [0, 0.1) is 0 Å². The molecule has 12 heavy (non-hydrogen) atoms. The Hall–Kier alpha value is 0.491. The van der Waals surface area contributed by atoms with E-state index in [9.17, 15) is 0 Å². The van der Waals surface area contributed by atoms with Gasteiger partial charge in [-0.1, -0.05) is 0 Å². The largest absolute Gasteiger partial charge is 0.420 e. The molecule has 0 aromatic heterocycles. The summed E-state index contributed by atoms with van der Waals surface area (Å²) in [6.07, 6.45) is -1.82. The van der Waals surface area contributed by atoms with Crippen molar-refractivity contribution in [2.75, 3.05) is 0 Å². The Balaban J connectivity index is 2.98. The van der Waals surface area contributed by atoms with E-state index in [-0.39, 0.29) is 0 Å². The average molecular weight is 232 g/mol. The smallest absolute Gasteiger partial charge is 0.311 e. The van der Waals surface area contributed by atoms with Crippen LogP contribution in [0.2, 0.25) is 19.6 Å². The van der Waals surface area contributed by atoms with Crippen LogP contribution in [0.4, 0.5) is 0 Å². The van der Waals surface area contributed by atoms with Gasteiger partial charge in [-0.05, 0) is 26.6 Å². The maximum atomic E-state index is 7.81. The summed E-state index contributed by atoms with van der Waals surface area (Å²) in [6, 6.07) is 0. The summed E-state index contributed by atoms with van der Waals surface area (Å²) in [5.41, 5.74) is 0. The summed E-state index contributed by atoms with van der Waals surface area (Å²) in [6.45, 7) is 5.53. The fraction of sp³-hybridized carbons (Fsp3) is 1.00. The van der Waals surface area contributed by atoms with Crippen LogP contribution in [-0.2, 0) is 17.1 Å². The molecule has 72 valence electrons. The lowest BCUT2D eigenvalue weighted by atomic mass is 10.8. The fourth-order valence-corrected chi connectivity index (χ4v) is 5.98. The van der Waals surface area contributed by atoms with Crippen molar-refractivity contribution in [1.82, 2.24) is 0 Å². The maximum absolute atomic E-state index is 7.81. The second kappa shape index (κ2) is 4.65. The molecule has 0 radical (unpaired) electrons. The van der Waals surface area contributed by atoms with E-state index in [0.29, 0.717) is 0 Å². The predicted octanol–water partition coefficient (Wildman–Crippen LogP) is -0.0367. The molecule has 1 aliphatic heterocycles. The van der Waals surface area contributed by atoms with Gasteiger partial charge in [0.05, 0.1) is 5.08 Å². The molecule has 0 aromatic rings. The van der Waals surface area contributed by atoms with Crippen LogP contribution in [0.15, 0.2) is 0 Å². The van der Waals surface area contributed by atoms with Gasteiger partial charge in [0, 0.05) is 0 Å². The average Bonchev–Trinajstić information content (AvgIpc) is 1.67. The summed E-state index contributed by atoms with van der Waals surface area (Å²) in [5.74, 6) is 0. The third kappa shape index (κ3) is 3.47. The minimum atomic E-state index is -3.38. The van der Waals surface area contributed by atoms with Gasteiger partial charge in [0.2, 0.25) is 0 Å². The van der Waals surface area contributed by atoms with E-state index in [0.717, 1.165) is 0 Å². The van der Waals surface area contributed by atoms with Crippen LogP contribution in [0.3, 0.4) is 0 Å². The van der Waals surface area contributed by atoms with E-state index in [1.165, 1.54) is 26.6 Å². The molecule has 0 aliphatic carbocycles. The van der Waals surface area contributed by atoms with Crippen LogP contribution in [0.5, 0.6) is 0 Å². The highest BCUT2D eigenvalue weighted by Crippen LogP contribution is 2.08. The predicted molar refractivity (Wildman–Crippen MR) is 52.8 cm³/mol. The summed E-state index contributed by atoms with van der Waals surface area (Å²) >= 11 is 0. The lowest BCUT2D eigenvalue weighted by molar-refractivity contribution is -0.0131. The van der Waals surface area contributed by atoms with Crippen LogP contribution in [0.25, 0.3) is 0 Å². The van der Waals surface area contributed by atoms with E-state index in [2.05, 4.69) is 0 Å². The highest BCUT2D eigenvalue weighted by molar-refractivity contribution is 6.64. The topological polar surface area (TPSA) is 36.9 Å². The minimum Gasteiger partial charge on any atom is -0.420 e. The Labute approximate surface area is 83.4 Å². The Kier molecular flexibility index (Phi) is 2.35. The maximum Gasteiger partial charge on any atom is 0.311 e. The van der Waals surface area contributed by atoms with Crippen molar-refractivity contribution in [3.05, 3.63) is 0 Å². The standard InChI is InChI=1S/C5H16O4Si3/c1-5-6-10(2)8-12(4)9-11(3)7-5/h5,10-12H,1-4H3/i5T,10T,11T,12T. The Morgan fingerprint density at radius 1 is 1.08 bits per heavy atom. The van der Waals surface area contributed by atoms with Gasteiger partial charge in [-0.15, -0.1) is 0 Å². The minimum absolute atomic E-state index is 1.30. The molecule has 0 aromatic carbocycles. The van der Waals surface area contributed by atoms with E-state index in [4.69, 9.17) is 22.2 Å². The molecule has 1 fully saturated rings. The van der Waals surface area contributed by atoms with Gasteiger partial charge in [-0.2, -0.15) is 0 Å². The lowest BCUT2D eigenvalue weighted by Gasteiger charge is -2.29. The second-order valence-electron chi connectivity index (χ2n) is 2.37. The summed E-state index contributed by atoms with van der Waals surface area (Å²) in [4.78, 5) is 0. The van der Waals surface area contributed by atoms with E-state index < -0.39 is 33.9 Å². The van der Waals surface area contributed by atoms with Crippen molar-refractivity contribution in [3.8, 4) is 0 Å². The summed E-state index contributed by atoms with van der Waals surface area (Å²) in [5, 5.41) is 0. The molecule has 0 bridgehead atoms. The van der Waals surface area contributed by atoms with Crippen LogP contribution >= 0.6 is 0 Å². The molecule has 4 nitrogen and oxygen atoms in total. The molecule has 1 saturated heterocycles. The van der Waals surface area contributed by atoms with Gasteiger partial charge >= 0.3 is 18.4 Å². The van der Waals surface area contributed by atoms with E-state index in [1.54, 1.807) is 0 Å². The lowest BCUT2D eigenvalue weighted by Crippen LogP contribution is -2.42. The Bertz CT molecular complexity index is 213. The van der Waals surface area contributed by atoms with Gasteiger partial charge in [0.1, 0.15) is 6.27 Å². The van der Waals surface area contributed by atoms with Crippen molar-refractivity contribution < 1.29 is 18.5 Å². The number of hydrogen-bond acceptors (Lipinski definition) is 4. The molecular formula is C5H16O4Si3. The SMILES string of the molecule is [3H]C1(C)O[Si]([3H])(C)O[Si]([3H])(C)O[Si]([3H])(C)O1. The molecule has 0 N–H and O–H groups in total. The van der Waals surface area contributed by atoms with Crippen molar-refractivity contribution in [2.45, 2.75) is 32.8 Å². The number of hydrogen-bond donors (Lipinski definition) is 0. The highest BCUT2D eigenvalue weighted by atomic mass is 28.4. The quantitative estimate of drug-likeness (QED) is 0.550. The van der Waals surface area contributed by atoms with Gasteiger partial charge in [-0.3, -0.25) is 0 Å². The van der Waals surface area contributed by atoms with E-state index in [1.807, 2.05) is 0 Å². The van der Waals surface area contributed by atoms with Gasteiger partial charge in [0.25, 0.3) is 9.22 Å². The first kappa shape index (κ1) is 6.06. The van der Waals surface area contributed by atoms with Gasteiger partial charge in [-0.25, -0.2) is 0 Å². The first-order chi connectivity index (χ1) is 6.83. The van der Waals surface area contributed by atoms with Crippen molar-refractivity contribution in [3.63, 3.8) is 0 Å². The van der Waals surface area contributed by atoms with Crippen molar-refractivity contribution in [1.29, 1.82) is 3.70 Å². The van der Waals surface area contributed by atoms with Crippen LogP contribution in [0.1, 0.15) is 8.29 Å². The third-order valence-corrected chi connectivity index (χ3v) is 6.90. The highest BCUT2D eigenvalue weighted by Gasteiger charge is 2.24. The molecule has 0 amide bonds. The molecule has 0 spiro atoms. The zero-order chi connectivity index (χ0) is 12.8. The molecule has 7 heteroatoms. The molecule has 1 heterocycles.